The highest BCUT2D eigenvalue weighted by Crippen LogP contribution is 2.38. The maximum Gasteiger partial charge on any atom is 0.162 e. The molecule has 1 saturated carbocycles. The highest BCUT2D eigenvalue weighted by atomic mass is 16.5. The third-order valence-corrected chi connectivity index (χ3v) is 4.25. The van der Waals surface area contributed by atoms with E-state index in [1.807, 2.05) is 12.1 Å². The summed E-state index contributed by atoms with van der Waals surface area (Å²) in [5.74, 6) is 3.32. The molecule has 1 aliphatic carbocycles. The summed E-state index contributed by atoms with van der Waals surface area (Å²) in [6.07, 6.45) is 3.05. The van der Waals surface area contributed by atoms with Crippen LogP contribution in [0.3, 0.4) is 0 Å². The van der Waals surface area contributed by atoms with Gasteiger partial charge >= 0.3 is 0 Å². The SMILES string of the molecule is COc1cc2nc(C3CCC3)nc(NCC(C)O)c2cc1OC. The van der Waals surface area contributed by atoms with E-state index in [-0.39, 0.29) is 0 Å². The maximum absolute atomic E-state index is 9.55. The Morgan fingerprint density at radius 1 is 1.22 bits per heavy atom. The number of anilines is 1. The number of nitrogens with zero attached hydrogens (tertiary/aromatic N) is 2. The predicted octanol–water partition coefficient (Wildman–Crippen LogP) is 2.71. The Morgan fingerprint density at radius 3 is 2.48 bits per heavy atom. The van der Waals surface area contributed by atoms with Crippen molar-refractivity contribution in [3.8, 4) is 11.5 Å². The molecular weight excluding hydrogens is 294 g/mol. The summed E-state index contributed by atoms with van der Waals surface area (Å²) in [5, 5.41) is 13.6. The lowest BCUT2D eigenvalue weighted by Gasteiger charge is -2.25. The number of benzene rings is 1. The molecule has 6 nitrogen and oxygen atoms in total. The van der Waals surface area contributed by atoms with E-state index in [4.69, 9.17) is 19.4 Å². The largest absolute Gasteiger partial charge is 0.493 e. The average Bonchev–Trinajstić information content (AvgIpc) is 2.49. The van der Waals surface area contributed by atoms with E-state index in [9.17, 15) is 5.11 Å². The van der Waals surface area contributed by atoms with Gasteiger partial charge in [0.25, 0.3) is 0 Å². The smallest absolute Gasteiger partial charge is 0.162 e. The zero-order valence-corrected chi connectivity index (χ0v) is 13.8. The van der Waals surface area contributed by atoms with Crippen LogP contribution in [0.5, 0.6) is 11.5 Å². The zero-order valence-electron chi connectivity index (χ0n) is 13.8. The lowest BCUT2D eigenvalue weighted by Crippen LogP contribution is -2.18. The molecule has 3 rings (SSSR count). The van der Waals surface area contributed by atoms with Gasteiger partial charge in [0.1, 0.15) is 11.6 Å². The molecular formula is C17H23N3O3. The van der Waals surface area contributed by atoms with Crippen LogP contribution >= 0.6 is 0 Å². The summed E-state index contributed by atoms with van der Waals surface area (Å²) in [6.45, 7) is 2.18. The van der Waals surface area contributed by atoms with Crippen LogP contribution in [-0.4, -0.2) is 41.9 Å². The van der Waals surface area contributed by atoms with Crippen LogP contribution in [0.1, 0.15) is 37.9 Å². The normalized spacial score (nSPS) is 16.0. The molecule has 0 aliphatic heterocycles. The standard InChI is InChI=1S/C17H23N3O3/c1-10(21)9-18-17-12-7-14(22-2)15(23-3)8-13(12)19-16(20-17)11-5-4-6-11/h7-8,10-11,21H,4-6,9H2,1-3H3,(H,18,19,20). The molecule has 2 aromatic rings. The monoisotopic (exact) mass is 317 g/mol. The van der Waals surface area contributed by atoms with Gasteiger partial charge in [-0.15, -0.1) is 0 Å². The fraction of sp³-hybridized carbons (Fsp3) is 0.529. The average molecular weight is 317 g/mol. The molecule has 0 saturated heterocycles. The van der Waals surface area contributed by atoms with Gasteiger partial charge in [-0.05, 0) is 25.8 Å². The Bertz CT molecular complexity index is 699. The van der Waals surface area contributed by atoms with Crippen LogP contribution in [-0.2, 0) is 0 Å². The fourth-order valence-corrected chi connectivity index (χ4v) is 2.70. The first kappa shape index (κ1) is 15.8. The topological polar surface area (TPSA) is 76.5 Å². The highest BCUT2D eigenvalue weighted by molar-refractivity contribution is 5.91. The van der Waals surface area contributed by atoms with Crippen LogP contribution in [0.2, 0.25) is 0 Å². The van der Waals surface area contributed by atoms with Crippen LogP contribution in [0, 0.1) is 0 Å². The van der Waals surface area contributed by atoms with Crippen LogP contribution in [0.25, 0.3) is 10.9 Å². The van der Waals surface area contributed by atoms with Gasteiger partial charge in [0.05, 0.1) is 25.8 Å². The molecule has 1 aliphatic rings. The van der Waals surface area contributed by atoms with Crippen molar-refractivity contribution in [2.24, 2.45) is 0 Å². The zero-order chi connectivity index (χ0) is 16.4. The number of aliphatic hydroxyl groups excluding tert-OH is 1. The van der Waals surface area contributed by atoms with E-state index in [0.717, 1.165) is 35.4 Å². The Labute approximate surface area is 135 Å². The Morgan fingerprint density at radius 2 is 1.91 bits per heavy atom. The summed E-state index contributed by atoms with van der Waals surface area (Å²) in [5.41, 5.74) is 0.827. The summed E-state index contributed by atoms with van der Waals surface area (Å²) in [7, 11) is 3.22. The van der Waals surface area contributed by atoms with E-state index < -0.39 is 6.10 Å². The first-order valence-electron chi connectivity index (χ1n) is 7.98. The van der Waals surface area contributed by atoms with Crippen molar-refractivity contribution in [3.63, 3.8) is 0 Å². The van der Waals surface area contributed by atoms with E-state index in [1.54, 1.807) is 21.1 Å². The number of rotatable bonds is 6. The molecule has 0 radical (unpaired) electrons. The number of aromatic nitrogens is 2. The molecule has 124 valence electrons. The quantitative estimate of drug-likeness (QED) is 0.853. The summed E-state index contributed by atoms with van der Waals surface area (Å²) < 4.78 is 10.8. The van der Waals surface area contributed by atoms with Gasteiger partial charge < -0.3 is 19.9 Å². The van der Waals surface area contributed by atoms with E-state index in [1.165, 1.54) is 6.42 Å². The number of fused-ring (bicyclic) bond motifs is 1. The second-order valence-corrected chi connectivity index (χ2v) is 6.01. The van der Waals surface area contributed by atoms with Crippen molar-refractivity contribution in [2.45, 2.75) is 38.2 Å². The van der Waals surface area contributed by atoms with Gasteiger partial charge in [0, 0.05) is 23.9 Å². The number of hydrogen-bond donors (Lipinski definition) is 2. The fourth-order valence-electron chi connectivity index (χ4n) is 2.70. The molecule has 6 heteroatoms. The molecule has 23 heavy (non-hydrogen) atoms. The van der Waals surface area contributed by atoms with Crippen molar-refractivity contribution < 1.29 is 14.6 Å². The molecule has 1 aromatic heterocycles. The molecule has 0 spiro atoms. The predicted molar refractivity (Wildman–Crippen MR) is 89.4 cm³/mol. The number of ether oxygens (including phenoxy) is 2. The van der Waals surface area contributed by atoms with Gasteiger partial charge in [0.15, 0.2) is 11.5 Å². The summed E-state index contributed by atoms with van der Waals surface area (Å²) >= 11 is 0. The van der Waals surface area contributed by atoms with Crippen molar-refractivity contribution >= 4 is 16.7 Å². The molecule has 1 atom stereocenters. The van der Waals surface area contributed by atoms with Gasteiger partial charge in [-0.1, -0.05) is 6.42 Å². The van der Waals surface area contributed by atoms with Crippen molar-refractivity contribution in [1.29, 1.82) is 0 Å². The molecule has 1 unspecified atom stereocenters. The van der Waals surface area contributed by atoms with Gasteiger partial charge in [-0.25, -0.2) is 9.97 Å². The summed E-state index contributed by atoms with van der Waals surface area (Å²) in [4.78, 5) is 9.42. The molecule has 1 heterocycles. The Balaban J connectivity index is 2.10. The van der Waals surface area contributed by atoms with Gasteiger partial charge in [-0.3, -0.25) is 0 Å². The number of nitrogens with one attached hydrogen (secondary N) is 1. The highest BCUT2D eigenvalue weighted by Gasteiger charge is 2.24. The Kier molecular flexibility index (Phi) is 4.52. The van der Waals surface area contributed by atoms with Crippen LogP contribution in [0.15, 0.2) is 12.1 Å². The van der Waals surface area contributed by atoms with Crippen molar-refractivity contribution in [2.75, 3.05) is 26.1 Å². The second kappa shape index (κ2) is 6.58. The second-order valence-electron chi connectivity index (χ2n) is 6.01. The maximum atomic E-state index is 9.55. The first-order chi connectivity index (χ1) is 11.1. The van der Waals surface area contributed by atoms with Gasteiger partial charge in [-0.2, -0.15) is 0 Å². The lowest BCUT2D eigenvalue weighted by molar-refractivity contribution is 0.208. The lowest BCUT2D eigenvalue weighted by atomic mass is 9.85. The molecule has 1 fully saturated rings. The number of hydrogen-bond acceptors (Lipinski definition) is 6. The molecule has 1 aromatic carbocycles. The number of aliphatic hydroxyl groups is 1. The minimum Gasteiger partial charge on any atom is -0.493 e. The first-order valence-corrected chi connectivity index (χ1v) is 7.98. The minimum absolute atomic E-state index is 0.430. The van der Waals surface area contributed by atoms with E-state index in [2.05, 4.69) is 5.32 Å². The number of methoxy groups -OCH3 is 2. The van der Waals surface area contributed by atoms with Crippen LogP contribution < -0.4 is 14.8 Å². The van der Waals surface area contributed by atoms with E-state index >= 15 is 0 Å². The molecule has 2 N–H and O–H groups in total. The third-order valence-electron chi connectivity index (χ3n) is 4.25. The van der Waals surface area contributed by atoms with E-state index in [0.29, 0.717) is 24.0 Å². The molecule has 0 bridgehead atoms. The third kappa shape index (κ3) is 3.17. The van der Waals surface area contributed by atoms with Gasteiger partial charge in [0.2, 0.25) is 0 Å². The van der Waals surface area contributed by atoms with Crippen LogP contribution in [0.4, 0.5) is 5.82 Å². The van der Waals surface area contributed by atoms with Crippen molar-refractivity contribution in [1.82, 2.24) is 9.97 Å². The van der Waals surface area contributed by atoms with Crippen molar-refractivity contribution in [3.05, 3.63) is 18.0 Å². The minimum atomic E-state index is -0.452. The Hall–Kier alpha value is -2.08. The summed E-state index contributed by atoms with van der Waals surface area (Å²) in [6, 6.07) is 3.76. The molecule has 0 amide bonds.